The Labute approximate surface area is 67.5 Å². The van der Waals surface area contributed by atoms with Gasteiger partial charge in [-0.2, -0.15) is 9.78 Å². The van der Waals surface area contributed by atoms with Crippen molar-refractivity contribution >= 4 is 0 Å². The van der Waals surface area contributed by atoms with Gasteiger partial charge in [-0.1, -0.05) is 0 Å². The predicted molar refractivity (Wildman–Crippen MR) is 38.6 cm³/mol. The molecule has 0 aliphatic carbocycles. The fourth-order valence-corrected chi connectivity index (χ4v) is 0.744. The molecule has 0 aliphatic heterocycles. The molecule has 6 nitrogen and oxygen atoms in total. The molecule has 0 fully saturated rings. The minimum atomic E-state index is 0.0267. The lowest BCUT2D eigenvalue weighted by Crippen LogP contribution is -1.99. The molecule has 12 heavy (non-hydrogen) atoms. The fraction of sp³-hybridized carbons (Fsp3) is 0. The van der Waals surface area contributed by atoms with Gasteiger partial charge in [0.15, 0.2) is 5.75 Å². The maximum absolute atomic E-state index is 8.88. The zero-order valence-corrected chi connectivity index (χ0v) is 5.99. The first kappa shape index (κ1) is 6.71. The zero-order valence-electron chi connectivity index (χ0n) is 5.99. The van der Waals surface area contributed by atoms with Crippen LogP contribution in [0.4, 0.5) is 0 Å². The minimum Gasteiger partial charge on any atom is -0.505 e. The highest BCUT2D eigenvalue weighted by Gasteiger charge is 1.98. The molecule has 0 radical (unpaired) electrons. The lowest BCUT2D eigenvalue weighted by Gasteiger charge is -1.95. The van der Waals surface area contributed by atoms with Crippen molar-refractivity contribution in [2.75, 3.05) is 0 Å². The van der Waals surface area contributed by atoms with Crippen molar-refractivity contribution in [3.05, 3.63) is 25.0 Å². The van der Waals surface area contributed by atoms with Crippen LogP contribution in [-0.4, -0.2) is 29.8 Å². The molecule has 1 N–H and O–H groups in total. The summed E-state index contributed by atoms with van der Waals surface area (Å²) < 4.78 is 1.40. The summed E-state index contributed by atoms with van der Waals surface area (Å²) in [5.74, 6) is 0.407. The van der Waals surface area contributed by atoms with Crippen molar-refractivity contribution in [3.8, 4) is 11.7 Å². The van der Waals surface area contributed by atoms with Crippen molar-refractivity contribution in [2.45, 2.75) is 0 Å². The highest BCUT2D eigenvalue weighted by atomic mass is 16.3. The maximum Gasteiger partial charge on any atom is 0.252 e. The molecule has 2 aromatic heterocycles. The molecule has 2 aromatic rings. The second kappa shape index (κ2) is 2.57. The normalized spacial score (nSPS) is 10.0. The van der Waals surface area contributed by atoms with E-state index in [0.29, 0.717) is 5.95 Å². The van der Waals surface area contributed by atoms with Gasteiger partial charge in [-0.3, -0.25) is 0 Å². The molecule has 0 saturated heterocycles. The van der Waals surface area contributed by atoms with Gasteiger partial charge in [0.05, 0.1) is 12.4 Å². The van der Waals surface area contributed by atoms with E-state index in [-0.39, 0.29) is 5.75 Å². The monoisotopic (exact) mass is 163 g/mol. The summed E-state index contributed by atoms with van der Waals surface area (Å²) in [7, 11) is 0. The van der Waals surface area contributed by atoms with Crippen LogP contribution in [0.15, 0.2) is 25.0 Å². The Bertz CT molecular complexity index is 354. The van der Waals surface area contributed by atoms with Crippen LogP contribution in [0.5, 0.6) is 5.75 Å². The molecular formula is C6H5N5O. The van der Waals surface area contributed by atoms with E-state index >= 15 is 0 Å². The molecule has 60 valence electrons. The molecule has 0 saturated carbocycles. The van der Waals surface area contributed by atoms with Crippen LogP contribution in [0.25, 0.3) is 5.95 Å². The van der Waals surface area contributed by atoms with E-state index in [1.54, 1.807) is 0 Å². The largest absolute Gasteiger partial charge is 0.505 e. The summed E-state index contributed by atoms with van der Waals surface area (Å²) >= 11 is 0. The van der Waals surface area contributed by atoms with Crippen molar-refractivity contribution in [3.63, 3.8) is 0 Å². The summed E-state index contributed by atoms with van der Waals surface area (Å²) in [6.45, 7) is 0. The smallest absolute Gasteiger partial charge is 0.252 e. The number of rotatable bonds is 1. The van der Waals surface area contributed by atoms with E-state index in [1.165, 1.54) is 29.7 Å². The van der Waals surface area contributed by atoms with Gasteiger partial charge in [-0.25, -0.2) is 15.0 Å². The first-order chi connectivity index (χ1) is 5.86. The number of aromatic nitrogens is 5. The third kappa shape index (κ3) is 1.09. The standard InChI is InChI=1S/C6H5N5O/c12-5-1-8-6(9-2-5)11-4-7-3-10-11/h1-4,12H. The van der Waals surface area contributed by atoms with Crippen LogP contribution in [0.2, 0.25) is 0 Å². The van der Waals surface area contributed by atoms with E-state index in [4.69, 9.17) is 5.11 Å². The summed E-state index contributed by atoms with van der Waals surface area (Å²) in [4.78, 5) is 11.4. The number of hydrogen-bond acceptors (Lipinski definition) is 5. The second-order valence-electron chi connectivity index (χ2n) is 2.08. The average molecular weight is 163 g/mol. The van der Waals surface area contributed by atoms with Crippen LogP contribution < -0.4 is 0 Å². The Morgan fingerprint density at radius 3 is 2.58 bits per heavy atom. The third-order valence-corrected chi connectivity index (χ3v) is 1.25. The van der Waals surface area contributed by atoms with E-state index in [9.17, 15) is 0 Å². The van der Waals surface area contributed by atoms with Crippen molar-refractivity contribution in [1.82, 2.24) is 24.7 Å². The molecule has 0 unspecified atom stereocenters. The van der Waals surface area contributed by atoms with Crippen LogP contribution in [0.1, 0.15) is 0 Å². The van der Waals surface area contributed by atoms with E-state index in [1.807, 2.05) is 0 Å². The van der Waals surface area contributed by atoms with Crippen LogP contribution in [0, 0.1) is 0 Å². The summed E-state index contributed by atoms with van der Waals surface area (Å²) in [6.07, 6.45) is 5.45. The zero-order chi connectivity index (χ0) is 8.39. The Balaban J connectivity index is 2.43. The Kier molecular flexibility index (Phi) is 1.44. The molecular weight excluding hydrogens is 158 g/mol. The summed E-state index contributed by atoms with van der Waals surface area (Å²) in [6, 6.07) is 0. The summed E-state index contributed by atoms with van der Waals surface area (Å²) in [5.41, 5.74) is 0. The Hall–Kier alpha value is -1.98. The number of nitrogens with zero attached hydrogens (tertiary/aromatic N) is 5. The maximum atomic E-state index is 8.88. The number of hydrogen-bond donors (Lipinski definition) is 1. The van der Waals surface area contributed by atoms with Crippen molar-refractivity contribution in [1.29, 1.82) is 0 Å². The van der Waals surface area contributed by atoms with Gasteiger partial charge in [0.25, 0.3) is 5.95 Å². The van der Waals surface area contributed by atoms with Crippen LogP contribution in [0.3, 0.4) is 0 Å². The fourth-order valence-electron chi connectivity index (χ4n) is 0.744. The molecule has 6 heteroatoms. The van der Waals surface area contributed by atoms with Crippen molar-refractivity contribution < 1.29 is 5.11 Å². The van der Waals surface area contributed by atoms with E-state index < -0.39 is 0 Å². The quantitative estimate of drug-likeness (QED) is 0.628. The first-order valence-electron chi connectivity index (χ1n) is 3.22. The average Bonchev–Trinajstić information content (AvgIpc) is 2.58. The highest BCUT2D eigenvalue weighted by molar-refractivity contribution is 5.15. The van der Waals surface area contributed by atoms with Crippen molar-refractivity contribution in [2.24, 2.45) is 0 Å². The topological polar surface area (TPSA) is 76.7 Å². The molecule has 0 aliphatic rings. The van der Waals surface area contributed by atoms with E-state index in [0.717, 1.165) is 0 Å². The molecule has 2 rings (SSSR count). The first-order valence-corrected chi connectivity index (χ1v) is 3.22. The van der Waals surface area contributed by atoms with Crippen LogP contribution in [-0.2, 0) is 0 Å². The Morgan fingerprint density at radius 2 is 2.00 bits per heavy atom. The molecule has 0 atom stereocenters. The SMILES string of the molecule is Oc1cnc(-n2cncn2)nc1. The van der Waals surface area contributed by atoms with Gasteiger partial charge in [-0.15, -0.1) is 0 Å². The van der Waals surface area contributed by atoms with Crippen LogP contribution >= 0.6 is 0 Å². The molecule has 0 amide bonds. The predicted octanol–water partition coefficient (Wildman–Crippen LogP) is -0.237. The van der Waals surface area contributed by atoms with Gasteiger partial charge >= 0.3 is 0 Å². The van der Waals surface area contributed by atoms with E-state index in [2.05, 4.69) is 20.1 Å². The number of aromatic hydroxyl groups is 1. The Morgan fingerprint density at radius 1 is 1.25 bits per heavy atom. The van der Waals surface area contributed by atoms with Gasteiger partial charge in [0.2, 0.25) is 0 Å². The molecule has 0 aromatic carbocycles. The lowest BCUT2D eigenvalue weighted by atomic mass is 10.6. The molecule has 0 bridgehead atoms. The van der Waals surface area contributed by atoms with Gasteiger partial charge in [0, 0.05) is 0 Å². The van der Waals surface area contributed by atoms with Gasteiger partial charge in [-0.05, 0) is 0 Å². The third-order valence-electron chi connectivity index (χ3n) is 1.25. The molecule has 0 spiro atoms. The lowest BCUT2D eigenvalue weighted by molar-refractivity contribution is 0.468. The summed E-state index contributed by atoms with van der Waals surface area (Å²) in [5, 5.41) is 12.7. The minimum absolute atomic E-state index is 0.0267. The van der Waals surface area contributed by atoms with Gasteiger partial charge < -0.3 is 5.11 Å². The molecule has 2 heterocycles. The second-order valence-corrected chi connectivity index (χ2v) is 2.08. The van der Waals surface area contributed by atoms with Gasteiger partial charge in [0.1, 0.15) is 12.7 Å². The highest BCUT2D eigenvalue weighted by Crippen LogP contribution is 2.03.